The van der Waals surface area contributed by atoms with Crippen molar-refractivity contribution in [2.45, 2.75) is 13.5 Å². The van der Waals surface area contributed by atoms with Crippen molar-refractivity contribution in [2.75, 3.05) is 13.1 Å². The summed E-state index contributed by atoms with van der Waals surface area (Å²) in [6.07, 6.45) is 0. The summed E-state index contributed by atoms with van der Waals surface area (Å²) in [5.41, 5.74) is 0.782. The molecular formula is C16H16BrFN2O3. The largest absolute Gasteiger partial charge is 0.444 e. The van der Waals surface area contributed by atoms with Crippen LogP contribution in [-0.4, -0.2) is 29.8 Å². The number of carbonyl (C=O) groups excluding carboxylic acids is 2. The number of carbonyl (C=O) groups is 2. The van der Waals surface area contributed by atoms with Gasteiger partial charge in [0.15, 0.2) is 10.4 Å². The van der Waals surface area contributed by atoms with Gasteiger partial charge in [-0.2, -0.15) is 0 Å². The van der Waals surface area contributed by atoms with E-state index in [2.05, 4.69) is 21.2 Å². The Balaban J connectivity index is 1.89. The Hall–Kier alpha value is -2.15. The number of rotatable bonds is 6. The molecule has 0 aliphatic heterocycles. The molecule has 0 radical (unpaired) electrons. The van der Waals surface area contributed by atoms with E-state index in [1.54, 1.807) is 31.2 Å². The topological polar surface area (TPSA) is 62.6 Å². The second kappa shape index (κ2) is 7.92. The lowest BCUT2D eigenvalue weighted by Gasteiger charge is -2.19. The molecule has 0 spiro atoms. The molecule has 0 saturated heterocycles. The lowest BCUT2D eigenvalue weighted by Crippen LogP contribution is -2.40. The molecule has 0 unspecified atom stereocenters. The van der Waals surface area contributed by atoms with Crippen LogP contribution in [0.15, 0.2) is 45.5 Å². The molecule has 0 saturated carbocycles. The van der Waals surface area contributed by atoms with Crippen molar-refractivity contribution in [3.8, 4) is 0 Å². The van der Waals surface area contributed by atoms with E-state index in [9.17, 15) is 14.0 Å². The highest BCUT2D eigenvalue weighted by Crippen LogP contribution is 2.15. The molecule has 1 heterocycles. The van der Waals surface area contributed by atoms with E-state index >= 15 is 0 Å². The summed E-state index contributed by atoms with van der Waals surface area (Å²) >= 11 is 3.13. The molecule has 0 aliphatic rings. The van der Waals surface area contributed by atoms with Crippen molar-refractivity contribution in [3.05, 3.63) is 58.2 Å². The summed E-state index contributed by atoms with van der Waals surface area (Å²) in [6.45, 7) is 2.36. The molecule has 0 bridgehead atoms. The molecule has 2 rings (SSSR count). The number of hydrogen-bond donors (Lipinski definition) is 1. The molecule has 23 heavy (non-hydrogen) atoms. The van der Waals surface area contributed by atoms with E-state index < -0.39 is 0 Å². The lowest BCUT2D eigenvalue weighted by molar-refractivity contribution is -0.121. The van der Waals surface area contributed by atoms with Gasteiger partial charge in [0.1, 0.15) is 5.82 Å². The van der Waals surface area contributed by atoms with Gasteiger partial charge in [0, 0.05) is 13.1 Å². The highest BCUT2D eigenvalue weighted by molar-refractivity contribution is 9.10. The molecule has 1 aromatic carbocycles. The zero-order chi connectivity index (χ0) is 16.8. The monoisotopic (exact) mass is 382 g/mol. The average Bonchev–Trinajstić information content (AvgIpc) is 2.98. The van der Waals surface area contributed by atoms with Crippen LogP contribution in [0.2, 0.25) is 0 Å². The summed E-state index contributed by atoms with van der Waals surface area (Å²) in [5.74, 6) is -0.803. The van der Waals surface area contributed by atoms with Crippen LogP contribution in [-0.2, 0) is 11.3 Å². The highest BCUT2D eigenvalue weighted by Gasteiger charge is 2.20. The second-order valence-corrected chi connectivity index (χ2v) is 5.61. The zero-order valence-corrected chi connectivity index (χ0v) is 14.1. The van der Waals surface area contributed by atoms with Gasteiger partial charge >= 0.3 is 0 Å². The SMILES string of the molecule is CCN(CC(=O)NCc1ccc(F)cc1)C(=O)c1ccc(Br)o1. The Kier molecular flexibility index (Phi) is 5.92. The van der Waals surface area contributed by atoms with Crippen molar-refractivity contribution in [1.29, 1.82) is 0 Å². The van der Waals surface area contributed by atoms with E-state index in [4.69, 9.17) is 4.42 Å². The van der Waals surface area contributed by atoms with Gasteiger partial charge in [-0.05, 0) is 52.7 Å². The van der Waals surface area contributed by atoms with Crippen LogP contribution in [0.25, 0.3) is 0 Å². The van der Waals surface area contributed by atoms with Crippen LogP contribution in [0, 0.1) is 5.82 Å². The number of halogens is 2. The van der Waals surface area contributed by atoms with E-state index in [0.29, 0.717) is 11.2 Å². The maximum atomic E-state index is 12.8. The molecule has 2 amide bonds. The van der Waals surface area contributed by atoms with Crippen LogP contribution in [0.3, 0.4) is 0 Å². The smallest absolute Gasteiger partial charge is 0.290 e. The second-order valence-electron chi connectivity index (χ2n) is 4.83. The fraction of sp³-hybridized carbons (Fsp3) is 0.250. The minimum atomic E-state index is -0.352. The first-order valence-corrected chi connectivity index (χ1v) is 7.84. The summed E-state index contributed by atoms with van der Waals surface area (Å²) in [5, 5.41) is 2.70. The molecule has 1 aromatic heterocycles. The van der Waals surface area contributed by atoms with Crippen molar-refractivity contribution >= 4 is 27.7 Å². The molecule has 0 atom stereocenters. The summed E-state index contributed by atoms with van der Waals surface area (Å²) in [7, 11) is 0. The Morgan fingerprint density at radius 3 is 2.48 bits per heavy atom. The normalized spacial score (nSPS) is 10.4. The van der Waals surface area contributed by atoms with E-state index in [-0.39, 0.29) is 36.5 Å². The van der Waals surface area contributed by atoms with Gasteiger partial charge in [0.25, 0.3) is 5.91 Å². The fourth-order valence-corrected chi connectivity index (χ4v) is 2.25. The van der Waals surface area contributed by atoms with Gasteiger partial charge in [0.2, 0.25) is 5.91 Å². The summed E-state index contributed by atoms with van der Waals surface area (Å²) in [6, 6.07) is 9.02. The van der Waals surface area contributed by atoms with Gasteiger partial charge in [-0.15, -0.1) is 0 Å². The first-order valence-electron chi connectivity index (χ1n) is 7.05. The van der Waals surface area contributed by atoms with Gasteiger partial charge in [-0.25, -0.2) is 4.39 Å². The third-order valence-corrected chi connectivity index (χ3v) is 3.62. The van der Waals surface area contributed by atoms with Gasteiger partial charge in [-0.3, -0.25) is 9.59 Å². The number of benzene rings is 1. The van der Waals surface area contributed by atoms with Crippen LogP contribution in [0.5, 0.6) is 0 Å². The van der Waals surface area contributed by atoms with Crippen LogP contribution >= 0.6 is 15.9 Å². The predicted octanol–water partition coefficient (Wildman–Crippen LogP) is 2.96. The first-order chi connectivity index (χ1) is 11.0. The lowest BCUT2D eigenvalue weighted by atomic mass is 10.2. The molecule has 2 aromatic rings. The van der Waals surface area contributed by atoms with Crippen LogP contribution in [0.1, 0.15) is 23.0 Å². The first kappa shape index (κ1) is 17.2. The molecule has 0 aliphatic carbocycles. The number of amides is 2. The van der Waals surface area contributed by atoms with E-state index in [1.807, 2.05) is 0 Å². The number of likely N-dealkylation sites (N-methyl/N-ethyl adjacent to an activating group) is 1. The molecular weight excluding hydrogens is 367 g/mol. The van der Waals surface area contributed by atoms with Gasteiger partial charge < -0.3 is 14.6 Å². The molecule has 0 fully saturated rings. The third-order valence-electron chi connectivity index (χ3n) is 3.19. The van der Waals surface area contributed by atoms with Crippen molar-refractivity contribution in [1.82, 2.24) is 10.2 Å². The van der Waals surface area contributed by atoms with Crippen molar-refractivity contribution in [2.24, 2.45) is 0 Å². The third kappa shape index (κ3) is 4.92. The molecule has 7 heteroatoms. The maximum Gasteiger partial charge on any atom is 0.290 e. The zero-order valence-electron chi connectivity index (χ0n) is 12.5. The van der Waals surface area contributed by atoms with E-state index in [1.165, 1.54) is 17.0 Å². The summed E-state index contributed by atoms with van der Waals surface area (Å²) in [4.78, 5) is 25.6. The highest BCUT2D eigenvalue weighted by atomic mass is 79.9. The Morgan fingerprint density at radius 1 is 1.22 bits per heavy atom. The van der Waals surface area contributed by atoms with Gasteiger partial charge in [-0.1, -0.05) is 12.1 Å². The number of nitrogens with one attached hydrogen (secondary N) is 1. The standard InChI is InChI=1S/C16H16BrFN2O3/c1-2-20(16(22)13-7-8-14(17)23-13)10-15(21)19-9-11-3-5-12(18)6-4-11/h3-8H,2,9-10H2,1H3,(H,19,21). The molecule has 5 nitrogen and oxygen atoms in total. The van der Waals surface area contributed by atoms with E-state index in [0.717, 1.165) is 5.56 Å². The molecule has 122 valence electrons. The van der Waals surface area contributed by atoms with Gasteiger partial charge in [0.05, 0.1) is 6.54 Å². The minimum absolute atomic E-state index is 0.0746. The quantitative estimate of drug-likeness (QED) is 0.835. The van der Waals surface area contributed by atoms with Crippen LogP contribution < -0.4 is 5.32 Å². The fourth-order valence-electron chi connectivity index (χ4n) is 1.94. The number of furan rings is 1. The maximum absolute atomic E-state index is 12.8. The Morgan fingerprint density at radius 2 is 1.91 bits per heavy atom. The number of hydrogen-bond acceptors (Lipinski definition) is 3. The Bertz CT molecular complexity index is 685. The average molecular weight is 383 g/mol. The summed E-state index contributed by atoms with van der Waals surface area (Å²) < 4.78 is 18.5. The Labute approximate surface area is 141 Å². The van der Waals surface area contributed by atoms with Crippen LogP contribution in [0.4, 0.5) is 4.39 Å². The van der Waals surface area contributed by atoms with Crippen molar-refractivity contribution < 1.29 is 18.4 Å². The number of nitrogens with zero attached hydrogens (tertiary/aromatic N) is 1. The van der Waals surface area contributed by atoms with Crippen molar-refractivity contribution in [3.63, 3.8) is 0 Å². The molecule has 1 N–H and O–H groups in total. The minimum Gasteiger partial charge on any atom is -0.444 e. The predicted molar refractivity (Wildman–Crippen MR) is 86.2 cm³/mol.